The van der Waals surface area contributed by atoms with Gasteiger partial charge in [0.05, 0.1) is 33.9 Å². The van der Waals surface area contributed by atoms with Crippen molar-refractivity contribution in [3.63, 3.8) is 0 Å². The highest BCUT2D eigenvalue weighted by atomic mass is 16.5. The van der Waals surface area contributed by atoms with E-state index in [0.29, 0.717) is 24.5 Å². The number of hydrogen-bond acceptors (Lipinski definition) is 6. The minimum Gasteiger partial charge on any atom is -0.478 e. The van der Waals surface area contributed by atoms with Gasteiger partial charge in [-0.3, -0.25) is 0 Å². The second-order valence-electron chi connectivity index (χ2n) is 10.8. The van der Waals surface area contributed by atoms with E-state index in [2.05, 4.69) is 24.3 Å². The van der Waals surface area contributed by atoms with Crippen molar-refractivity contribution in [2.24, 2.45) is 7.05 Å². The standard InChI is InChI=1S/C32H26N4O3.C3H6O/c1-36-29-16-25(32(37)38)12-13-28(29)34-30(36)17-23-10-11-24-15-22(23)5-2-4-21-14-20(18-33)8-9-26(21)19-39-31-7-3-6-27(24)35-31;1-2-4-3-1/h3,6-16H,2,4-5,17,19H2,1H3,(H,37,38);1-3H2. The van der Waals surface area contributed by atoms with Crippen molar-refractivity contribution in [2.75, 3.05) is 13.2 Å². The van der Waals surface area contributed by atoms with E-state index in [-0.39, 0.29) is 5.56 Å². The van der Waals surface area contributed by atoms with Gasteiger partial charge in [0.15, 0.2) is 0 Å². The molecule has 5 aromatic rings. The molecule has 2 aromatic heterocycles. The summed E-state index contributed by atoms with van der Waals surface area (Å²) in [6.45, 7) is 2.40. The lowest BCUT2D eigenvalue weighted by Crippen LogP contribution is -2.09. The van der Waals surface area contributed by atoms with Gasteiger partial charge in [-0.05, 0) is 90.4 Å². The number of imidazole rings is 1. The fraction of sp³-hybridized carbons (Fsp3) is 0.257. The molecule has 0 amide bonds. The zero-order valence-electron chi connectivity index (χ0n) is 24.0. The molecule has 4 bridgehead atoms. The van der Waals surface area contributed by atoms with Crippen molar-refractivity contribution >= 4 is 17.0 Å². The fourth-order valence-electron chi connectivity index (χ4n) is 5.38. The van der Waals surface area contributed by atoms with Gasteiger partial charge in [-0.1, -0.05) is 24.3 Å². The van der Waals surface area contributed by atoms with Crippen LogP contribution in [0.1, 0.15) is 56.8 Å². The molecule has 8 nitrogen and oxygen atoms in total. The van der Waals surface area contributed by atoms with Gasteiger partial charge in [-0.15, -0.1) is 0 Å². The van der Waals surface area contributed by atoms with Gasteiger partial charge in [-0.25, -0.2) is 14.8 Å². The lowest BCUT2D eigenvalue weighted by Gasteiger charge is -2.13. The number of carboxylic acids is 1. The molecule has 7 rings (SSSR count). The van der Waals surface area contributed by atoms with E-state index in [1.165, 1.54) is 17.5 Å². The normalized spacial score (nSPS) is 13.9. The molecule has 216 valence electrons. The number of nitrogens with zero attached hydrogens (tertiary/aromatic N) is 4. The lowest BCUT2D eigenvalue weighted by molar-refractivity contribution is 0.0367. The minimum atomic E-state index is -0.951. The summed E-state index contributed by atoms with van der Waals surface area (Å²) in [4.78, 5) is 21.0. The summed E-state index contributed by atoms with van der Waals surface area (Å²) < 4.78 is 12.8. The van der Waals surface area contributed by atoms with Crippen LogP contribution in [-0.4, -0.2) is 38.8 Å². The third-order valence-electron chi connectivity index (χ3n) is 7.98. The number of aromatic carboxylic acids is 1. The van der Waals surface area contributed by atoms with Crippen LogP contribution in [0.4, 0.5) is 0 Å². The number of fused-ring (bicyclic) bond motifs is 7. The molecular weight excluding hydrogens is 540 g/mol. The predicted molar refractivity (Wildman–Crippen MR) is 163 cm³/mol. The number of carboxylic acid groups (broad SMARTS) is 1. The molecule has 43 heavy (non-hydrogen) atoms. The number of rotatable bonds is 3. The van der Waals surface area contributed by atoms with Crippen LogP contribution in [0.5, 0.6) is 5.88 Å². The second kappa shape index (κ2) is 12.5. The van der Waals surface area contributed by atoms with Gasteiger partial charge in [0, 0.05) is 38.3 Å². The topological polar surface area (TPSA) is 110 Å². The van der Waals surface area contributed by atoms with Crippen molar-refractivity contribution < 1.29 is 19.4 Å². The van der Waals surface area contributed by atoms with Crippen molar-refractivity contribution in [3.8, 4) is 23.2 Å². The SMILES string of the molecule is C1COC1.Cn1c(Cc2ccc3cc2CCCc2cc(C#N)ccc2COc2cccc-3n2)nc2ccc(C(=O)O)cc21. The molecule has 0 radical (unpaired) electrons. The Morgan fingerprint density at radius 3 is 2.53 bits per heavy atom. The van der Waals surface area contributed by atoms with Crippen molar-refractivity contribution in [2.45, 2.75) is 38.7 Å². The van der Waals surface area contributed by atoms with Crippen LogP contribution in [-0.2, 0) is 37.7 Å². The zero-order valence-corrected chi connectivity index (χ0v) is 24.0. The van der Waals surface area contributed by atoms with E-state index in [4.69, 9.17) is 19.4 Å². The molecule has 2 aliphatic rings. The third-order valence-corrected chi connectivity index (χ3v) is 7.98. The maximum absolute atomic E-state index is 11.5. The molecular formula is C35H32N4O4. The highest BCUT2D eigenvalue weighted by Gasteiger charge is 2.16. The summed E-state index contributed by atoms with van der Waals surface area (Å²) >= 11 is 0. The van der Waals surface area contributed by atoms with E-state index in [9.17, 15) is 15.2 Å². The molecule has 0 atom stereocenters. The van der Waals surface area contributed by atoms with Crippen molar-refractivity contribution in [3.05, 3.63) is 112 Å². The van der Waals surface area contributed by atoms with Crippen LogP contribution in [0.25, 0.3) is 22.3 Å². The summed E-state index contributed by atoms with van der Waals surface area (Å²) in [5.41, 5.74) is 8.92. The molecule has 1 fully saturated rings. The average molecular weight is 573 g/mol. The molecule has 3 aromatic carbocycles. The molecule has 2 aliphatic heterocycles. The highest BCUT2D eigenvalue weighted by molar-refractivity contribution is 5.92. The summed E-state index contributed by atoms with van der Waals surface area (Å²) in [5, 5.41) is 18.8. The molecule has 1 N–H and O–H groups in total. The van der Waals surface area contributed by atoms with Gasteiger partial charge in [0.2, 0.25) is 5.88 Å². The molecule has 0 aliphatic carbocycles. The smallest absolute Gasteiger partial charge is 0.335 e. The minimum absolute atomic E-state index is 0.248. The Balaban J connectivity index is 0.000000761. The first-order chi connectivity index (χ1) is 21.0. The van der Waals surface area contributed by atoms with Gasteiger partial charge >= 0.3 is 5.97 Å². The maximum Gasteiger partial charge on any atom is 0.335 e. The van der Waals surface area contributed by atoms with Crippen LogP contribution in [0.15, 0.2) is 72.8 Å². The molecule has 1 saturated heterocycles. The number of hydrogen-bond donors (Lipinski definition) is 1. The lowest BCUT2D eigenvalue weighted by atomic mass is 9.93. The predicted octanol–water partition coefficient (Wildman–Crippen LogP) is 6.27. The number of ether oxygens (including phenoxy) is 2. The Labute approximate surface area is 250 Å². The molecule has 8 heteroatoms. The Morgan fingerprint density at radius 1 is 0.953 bits per heavy atom. The van der Waals surface area contributed by atoms with E-state index in [1.54, 1.807) is 18.2 Å². The van der Waals surface area contributed by atoms with E-state index in [0.717, 1.165) is 71.7 Å². The Hall–Kier alpha value is -5.00. The number of aromatic nitrogens is 3. The van der Waals surface area contributed by atoms with E-state index >= 15 is 0 Å². The number of carbonyl (C=O) groups is 1. The van der Waals surface area contributed by atoms with Gasteiger partial charge < -0.3 is 19.1 Å². The fourth-order valence-corrected chi connectivity index (χ4v) is 5.38. The van der Waals surface area contributed by atoms with Crippen molar-refractivity contribution in [1.82, 2.24) is 14.5 Å². The van der Waals surface area contributed by atoms with Gasteiger partial charge in [-0.2, -0.15) is 5.26 Å². The Morgan fingerprint density at radius 2 is 1.77 bits per heavy atom. The molecule has 0 unspecified atom stereocenters. The number of benzene rings is 3. The zero-order chi connectivity index (χ0) is 29.8. The van der Waals surface area contributed by atoms with Crippen LogP contribution < -0.4 is 4.74 Å². The summed E-state index contributed by atoms with van der Waals surface area (Å²) in [6.07, 6.45) is 4.49. The van der Waals surface area contributed by atoms with Crippen molar-refractivity contribution in [1.29, 1.82) is 5.26 Å². The third kappa shape index (κ3) is 6.27. The van der Waals surface area contributed by atoms with E-state index in [1.807, 2.05) is 48.0 Å². The largest absolute Gasteiger partial charge is 0.478 e. The Bertz CT molecular complexity index is 1850. The highest BCUT2D eigenvalue weighted by Crippen LogP contribution is 2.28. The van der Waals surface area contributed by atoms with E-state index < -0.39 is 5.97 Å². The molecule has 0 spiro atoms. The Kier molecular flexibility index (Phi) is 8.16. The van der Waals surface area contributed by atoms with Crippen LogP contribution in [0, 0.1) is 11.3 Å². The molecule has 0 saturated carbocycles. The van der Waals surface area contributed by atoms with Crippen LogP contribution in [0.2, 0.25) is 0 Å². The monoisotopic (exact) mass is 572 g/mol. The summed E-state index contributed by atoms with van der Waals surface area (Å²) in [5.74, 6) is 0.484. The number of aryl methyl sites for hydroxylation is 3. The van der Waals surface area contributed by atoms with Gasteiger partial charge in [0.25, 0.3) is 0 Å². The van der Waals surface area contributed by atoms with Crippen LogP contribution >= 0.6 is 0 Å². The quantitative estimate of drug-likeness (QED) is 0.271. The molecule has 4 heterocycles. The number of pyridine rings is 1. The second-order valence-corrected chi connectivity index (χ2v) is 10.8. The first-order valence-electron chi connectivity index (χ1n) is 14.5. The van der Waals surface area contributed by atoms with Gasteiger partial charge in [0.1, 0.15) is 12.4 Å². The summed E-state index contributed by atoms with van der Waals surface area (Å²) in [6, 6.07) is 25.3. The van der Waals surface area contributed by atoms with Crippen LogP contribution in [0.3, 0.4) is 0 Å². The number of nitriles is 1. The first-order valence-corrected chi connectivity index (χ1v) is 14.5. The first kappa shape index (κ1) is 28.1. The average Bonchev–Trinajstić information content (AvgIpc) is 3.30. The summed E-state index contributed by atoms with van der Waals surface area (Å²) in [7, 11) is 1.93. The maximum atomic E-state index is 11.5.